The van der Waals surface area contributed by atoms with E-state index >= 15 is 0 Å². The summed E-state index contributed by atoms with van der Waals surface area (Å²) in [6.45, 7) is 1.73. The van der Waals surface area contributed by atoms with Crippen molar-refractivity contribution < 1.29 is 9.90 Å². The summed E-state index contributed by atoms with van der Waals surface area (Å²) in [5.74, 6) is -0.407. The standard InChI is InChI=1S/C19H19N5O3/c1-12-22-24(15-8-6-14(7-9-15)18(20)21)19(27)23(12)16-4-2-3-13(11-16)5-10-17(25)26/h2-4,6-9,11H,5,10H2,1H3,(H3,20,21)(H,25,26). The van der Waals surface area contributed by atoms with E-state index in [-0.39, 0.29) is 17.9 Å². The zero-order chi connectivity index (χ0) is 19.6. The Hall–Kier alpha value is -3.68. The molecule has 0 aliphatic carbocycles. The minimum absolute atomic E-state index is 0.0269. The SMILES string of the molecule is Cc1nn(-c2ccc(C(=N)N)cc2)c(=O)n1-c1cccc(CCC(=O)O)c1. The molecule has 0 bridgehead atoms. The van der Waals surface area contributed by atoms with Gasteiger partial charge in [0, 0.05) is 12.0 Å². The van der Waals surface area contributed by atoms with Gasteiger partial charge in [0.2, 0.25) is 0 Å². The molecule has 0 saturated heterocycles. The highest BCUT2D eigenvalue weighted by Crippen LogP contribution is 2.14. The fraction of sp³-hybridized carbons (Fsp3) is 0.158. The van der Waals surface area contributed by atoms with Gasteiger partial charge in [0.25, 0.3) is 0 Å². The van der Waals surface area contributed by atoms with Crippen molar-refractivity contribution in [2.45, 2.75) is 19.8 Å². The van der Waals surface area contributed by atoms with Gasteiger partial charge in [-0.1, -0.05) is 12.1 Å². The molecular weight excluding hydrogens is 346 g/mol. The predicted octanol–water partition coefficient (Wildman–Crippen LogP) is 1.63. The van der Waals surface area contributed by atoms with Crippen molar-refractivity contribution in [2.75, 3.05) is 0 Å². The fourth-order valence-electron chi connectivity index (χ4n) is 2.82. The highest BCUT2D eigenvalue weighted by atomic mass is 16.4. The second-order valence-corrected chi connectivity index (χ2v) is 6.10. The Bertz CT molecular complexity index is 1060. The van der Waals surface area contributed by atoms with Gasteiger partial charge in [0.15, 0.2) is 0 Å². The molecule has 0 radical (unpaired) electrons. The number of nitrogens with one attached hydrogen (secondary N) is 1. The second kappa shape index (κ2) is 7.28. The molecule has 1 heterocycles. The van der Waals surface area contributed by atoms with Crippen LogP contribution >= 0.6 is 0 Å². The van der Waals surface area contributed by atoms with Crippen molar-refractivity contribution in [3.63, 3.8) is 0 Å². The van der Waals surface area contributed by atoms with Gasteiger partial charge in [-0.3, -0.25) is 10.2 Å². The van der Waals surface area contributed by atoms with Gasteiger partial charge in [-0.25, -0.2) is 9.36 Å². The molecule has 0 unspecified atom stereocenters. The molecule has 0 saturated carbocycles. The predicted molar refractivity (Wildman–Crippen MR) is 101 cm³/mol. The number of rotatable bonds is 6. The van der Waals surface area contributed by atoms with E-state index in [0.29, 0.717) is 29.2 Å². The lowest BCUT2D eigenvalue weighted by Gasteiger charge is -2.06. The third-order valence-corrected chi connectivity index (χ3v) is 4.16. The van der Waals surface area contributed by atoms with Crippen LogP contribution in [0.4, 0.5) is 0 Å². The number of carbonyl (C=O) groups is 1. The number of hydrogen-bond donors (Lipinski definition) is 3. The molecule has 0 aliphatic rings. The average Bonchev–Trinajstić information content (AvgIpc) is 2.94. The summed E-state index contributed by atoms with van der Waals surface area (Å²) >= 11 is 0. The summed E-state index contributed by atoms with van der Waals surface area (Å²) in [5.41, 5.74) is 7.71. The maximum Gasteiger partial charge on any atom is 0.355 e. The van der Waals surface area contributed by atoms with E-state index in [1.54, 1.807) is 49.4 Å². The number of carboxylic acids is 1. The summed E-state index contributed by atoms with van der Waals surface area (Å²) < 4.78 is 2.76. The molecule has 0 fully saturated rings. The van der Waals surface area contributed by atoms with Crippen LogP contribution in [-0.2, 0) is 11.2 Å². The average molecular weight is 365 g/mol. The fourth-order valence-corrected chi connectivity index (χ4v) is 2.82. The van der Waals surface area contributed by atoms with E-state index < -0.39 is 5.97 Å². The monoisotopic (exact) mass is 365 g/mol. The zero-order valence-electron chi connectivity index (χ0n) is 14.7. The summed E-state index contributed by atoms with van der Waals surface area (Å²) in [7, 11) is 0. The van der Waals surface area contributed by atoms with Crippen molar-refractivity contribution in [2.24, 2.45) is 5.73 Å². The molecule has 0 spiro atoms. The lowest BCUT2D eigenvalue weighted by Crippen LogP contribution is -2.23. The molecule has 1 aromatic heterocycles. The van der Waals surface area contributed by atoms with Crippen LogP contribution in [0.2, 0.25) is 0 Å². The van der Waals surface area contributed by atoms with Gasteiger partial charge in [-0.05, 0) is 55.3 Å². The van der Waals surface area contributed by atoms with E-state index in [1.807, 2.05) is 6.07 Å². The smallest absolute Gasteiger partial charge is 0.355 e. The molecule has 0 aliphatic heterocycles. The topological polar surface area (TPSA) is 127 Å². The Morgan fingerprint density at radius 1 is 1.19 bits per heavy atom. The van der Waals surface area contributed by atoms with Crippen LogP contribution in [0.3, 0.4) is 0 Å². The van der Waals surface area contributed by atoms with Crippen molar-refractivity contribution in [3.05, 3.63) is 76.0 Å². The van der Waals surface area contributed by atoms with Gasteiger partial charge >= 0.3 is 11.7 Å². The minimum Gasteiger partial charge on any atom is -0.481 e. The largest absolute Gasteiger partial charge is 0.481 e. The van der Waals surface area contributed by atoms with Gasteiger partial charge in [0.1, 0.15) is 11.7 Å². The Morgan fingerprint density at radius 2 is 1.89 bits per heavy atom. The highest BCUT2D eigenvalue weighted by molar-refractivity contribution is 5.95. The quantitative estimate of drug-likeness (QED) is 0.452. The molecule has 0 amide bonds. The van der Waals surface area contributed by atoms with E-state index in [4.69, 9.17) is 16.2 Å². The van der Waals surface area contributed by atoms with Crippen LogP contribution in [0.5, 0.6) is 0 Å². The summed E-state index contributed by atoms with van der Waals surface area (Å²) in [6.07, 6.45) is 0.413. The molecule has 4 N–H and O–H groups in total. The van der Waals surface area contributed by atoms with Crippen molar-refractivity contribution >= 4 is 11.8 Å². The first kappa shape index (κ1) is 18.1. The number of benzene rings is 2. The number of aryl methyl sites for hydroxylation is 2. The van der Waals surface area contributed by atoms with Gasteiger partial charge < -0.3 is 10.8 Å². The van der Waals surface area contributed by atoms with Crippen LogP contribution in [0.15, 0.2) is 53.3 Å². The Kier molecular flexibility index (Phi) is 4.89. The number of nitrogen functional groups attached to an aromatic ring is 1. The number of nitrogens with zero attached hydrogens (tertiary/aromatic N) is 3. The molecule has 138 valence electrons. The molecule has 3 aromatic rings. The maximum atomic E-state index is 12.9. The van der Waals surface area contributed by atoms with E-state index in [9.17, 15) is 9.59 Å². The van der Waals surface area contributed by atoms with E-state index in [2.05, 4.69) is 5.10 Å². The normalized spacial score (nSPS) is 10.7. The molecule has 8 heteroatoms. The first-order valence-electron chi connectivity index (χ1n) is 8.31. The van der Waals surface area contributed by atoms with Crippen LogP contribution in [-0.4, -0.2) is 31.3 Å². The van der Waals surface area contributed by atoms with Crippen molar-refractivity contribution in [1.82, 2.24) is 14.3 Å². The molecule has 3 rings (SSSR count). The Labute approximate surface area is 155 Å². The zero-order valence-corrected chi connectivity index (χ0v) is 14.7. The van der Waals surface area contributed by atoms with Gasteiger partial charge in [-0.2, -0.15) is 4.68 Å². The summed E-state index contributed by atoms with van der Waals surface area (Å²) in [6, 6.07) is 13.9. The molecule has 0 atom stereocenters. The number of carboxylic acid groups (broad SMARTS) is 1. The number of nitrogens with two attached hydrogens (primary N) is 1. The number of hydrogen-bond acceptors (Lipinski definition) is 4. The second-order valence-electron chi connectivity index (χ2n) is 6.10. The molecular formula is C19H19N5O3. The van der Waals surface area contributed by atoms with Crippen LogP contribution in [0.25, 0.3) is 11.4 Å². The minimum atomic E-state index is -0.865. The maximum absolute atomic E-state index is 12.9. The number of aliphatic carboxylic acids is 1. The molecule has 2 aromatic carbocycles. The lowest BCUT2D eigenvalue weighted by molar-refractivity contribution is -0.136. The Morgan fingerprint density at radius 3 is 2.52 bits per heavy atom. The Balaban J connectivity index is 1.99. The third kappa shape index (κ3) is 3.79. The molecule has 8 nitrogen and oxygen atoms in total. The first-order valence-corrected chi connectivity index (χ1v) is 8.31. The van der Waals surface area contributed by atoms with E-state index in [1.165, 1.54) is 9.25 Å². The highest BCUT2D eigenvalue weighted by Gasteiger charge is 2.14. The van der Waals surface area contributed by atoms with Crippen molar-refractivity contribution in [1.29, 1.82) is 5.41 Å². The van der Waals surface area contributed by atoms with Crippen LogP contribution in [0.1, 0.15) is 23.4 Å². The summed E-state index contributed by atoms with van der Waals surface area (Å²) in [5, 5.41) is 20.6. The van der Waals surface area contributed by atoms with Crippen molar-refractivity contribution in [3.8, 4) is 11.4 Å². The van der Waals surface area contributed by atoms with Crippen LogP contribution < -0.4 is 11.4 Å². The van der Waals surface area contributed by atoms with Gasteiger partial charge in [0.05, 0.1) is 11.4 Å². The molecule has 27 heavy (non-hydrogen) atoms. The van der Waals surface area contributed by atoms with E-state index in [0.717, 1.165) is 5.56 Å². The number of amidine groups is 1. The lowest BCUT2D eigenvalue weighted by atomic mass is 10.1. The first-order chi connectivity index (χ1) is 12.9. The van der Waals surface area contributed by atoms with Gasteiger partial charge in [-0.15, -0.1) is 5.10 Å². The third-order valence-electron chi connectivity index (χ3n) is 4.16. The van der Waals surface area contributed by atoms with Crippen LogP contribution in [0, 0.1) is 12.3 Å². The summed E-state index contributed by atoms with van der Waals surface area (Å²) in [4.78, 5) is 23.7. The number of aromatic nitrogens is 3.